The number of unbranched alkanes of at least 4 members (excludes halogenated alkanes) is 5. The Hall–Kier alpha value is -2.67. The van der Waals surface area contributed by atoms with Crippen LogP contribution in [0.15, 0.2) is 42.5 Å². The first kappa shape index (κ1) is 26.6. The molecule has 4 N–H and O–H groups in total. The maximum atomic E-state index is 12.0. The van der Waals surface area contributed by atoms with Crippen molar-refractivity contribution in [2.45, 2.75) is 51.9 Å². The third kappa shape index (κ3) is 9.38. The number of hydrogen-bond acceptors (Lipinski definition) is 5. The summed E-state index contributed by atoms with van der Waals surface area (Å²) in [5.41, 5.74) is 5.09. The van der Waals surface area contributed by atoms with E-state index in [1.54, 1.807) is 0 Å². The maximum Gasteiger partial charge on any atom is 0.396 e. The number of carbonyl (C=O) groups excluding carboxylic acids is 2. The van der Waals surface area contributed by atoms with Gasteiger partial charge in [0.15, 0.2) is 6.61 Å². The van der Waals surface area contributed by atoms with Gasteiger partial charge in [-0.15, -0.1) is 0 Å². The summed E-state index contributed by atoms with van der Waals surface area (Å²) in [4.78, 5) is 41.5. The van der Waals surface area contributed by atoms with Gasteiger partial charge in [-0.2, -0.15) is 0 Å². The summed E-state index contributed by atoms with van der Waals surface area (Å²) in [6.45, 7) is 2.49. The third-order valence-electron chi connectivity index (χ3n) is 5.03. The zero-order valence-corrected chi connectivity index (χ0v) is 19.8. The molecule has 0 aliphatic heterocycles. The number of amides is 1. The molecule has 0 aliphatic rings. The third-order valence-corrected chi connectivity index (χ3v) is 5.81. The molecule has 0 atom stereocenters. The molecule has 33 heavy (non-hydrogen) atoms. The highest BCUT2D eigenvalue weighted by Crippen LogP contribution is 2.40. The van der Waals surface area contributed by atoms with E-state index in [0.717, 1.165) is 24.2 Å². The van der Waals surface area contributed by atoms with Crippen LogP contribution in [0.5, 0.6) is 11.5 Å². The zero-order chi connectivity index (χ0) is 24.3. The number of carbonyl (C=O) groups is 2. The largest absolute Gasteiger partial charge is 0.494 e. The summed E-state index contributed by atoms with van der Waals surface area (Å²) in [6.07, 6.45) is 7.45. The van der Waals surface area contributed by atoms with Crippen LogP contribution >= 0.6 is 7.60 Å². The Bertz CT molecular complexity index is 969. The van der Waals surface area contributed by atoms with Crippen molar-refractivity contribution in [3.8, 4) is 11.5 Å². The van der Waals surface area contributed by atoms with E-state index in [1.807, 2.05) is 24.3 Å². The van der Waals surface area contributed by atoms with Gasteiger partial charge in [0.05, 0.1) is 6.61 Å². The fraction of sp³-hybridized carbons (Fsp3) is 0.417. The highest BCUT2D eigenvalue weighted by molar-refractivity contribution is 7.70. The van der Waals surface area contributed by atoms with Crippen molar-refractivity contribution in [1.29, 1.82) is 0 Å². The average Bonchev–Trinajstić information content (AvgIpc) is 2.77. The van der Waals surface area contributed by atoms with Gasteiger partial charge in [-0.05, 0) is 47.9 Å². The Morgan fingerprint density at radius 3 is 2.24 bits per heavy atom. The number of nitrogens with two attached hydrogens (primary N) is 1. The topological polar surface area (TPSA) is 136 Å². The summed E-state index contributed by atoms with van der Waals surface area (Å²) >= 11 is 0. The van der Waals surface area contributed by atoms with Gasteiger partial charge in [0.25, 0.3) is 11.4 Å². The van der Waals surface area contributed by atoms with Gasteiger partial charge in [-0.1, -0.05) is 51.2 Å². The van der Waals surface area contributed by atoms with E-state index >= 15 is 0 Å². The molecule has 0 saturated heterocycles. The van der Waals surface area contributed by atoms with Crippen LogP contribution in [0.3, 0.4) is 0 Å². The van der Waals surface area contributed by atoms with E-state index in [9.17, 15) is 23.9 Å². The molecule has 0 aliphatic carbocycles. The molecular formula is C24H32NO7P. The zero-order valence-electron chi connectivity index (χ0n) is 18.9. The fourth-order valence-electron chi connectivity index (χ4n) is 3.30. The predicted molar refractivity (Wildman–Crippen MR) is 126 cm³/mol. The minimum Gasteiger partial charge on any atom is -0.494 e. The monoisotopic (exact) mass is 477 g/mol. The van der Waals surface area contributed by atoms with Gasteiger partial charge < -0.3 is 25.0 Å². The van der Waals surface area contributed by atoms with Gasteiger partial charge >= 0.3 is 7.60 Å². The highest BCUT2D eigenvalue weighted by atomic mass is 31.2. The van der Waals surface area contributed by atoms with Crippen molar-refractivity contribution >= 4 is 19.0 Å². The van der Waals surface area contributed by atoms with Crippen molar-refractivity contribution in [3.05, 3.63) is 59.2 Å². The maximum absolute atomic E-state index is 12.0. The van der Waals surface area contributed by atoms with E-state index in [2.05, 4.69) is 6.92 Å². The van der Waals surface area contributed by atoms with E-state index < -0.39 is 19.0 Å². The van der Waals surface area contributed by atoms with Crippen molar-refractivity contribution in [2.24, 2.45) is 5.73 Å². The molecule has 0 radical (unpaired) electrons. The first-order valence-electron chi connectivity index (χ1n) is 11.1. The van der Waals surface area contributed by atoms with Crippen molar-refractivity contribution in [3.63, 3.8) is 0 Å². The average molecular weight is 477 g/mol. The molecule has 2 aromatic rings. The summed E-state index contributed by atoms with van der Waals surface area (Å²) in [5, 5.41) is 0. The standard InChI is InChI=1S/C24H32NO7P/c1-2-3-4-5-6-7-14-31-21-11-8-18(9-12-21)15-20-16-19(24(27)33(28,29)30)10-13-22(20)32-17-23(25)26/h8-13,16H,2-7,14-15,17H2,1H3,(H2,25,26)(H2,28,29,30). The second kappa shape index (κ2) is 13.1. The van der Waals surface area contributed by atoms with Gasteiger partial charge in [0, 0.05) is 12.0 Å². The van der Waals surface area contributed by atoms with Crippen molar-refractivity contribution in [2.75, 3.05) is 13.2 Å². The molecule has 0 heterocycles. The summed E-state index contributed by atoms with van der Waals surface area (Å²) in [7, 11) is -4.93. The number of primary amides is 1. The minimum absolute atomic E-state index is 0.136. The molecule has 0 bridgehead atoms. The molecule has 180 valence electrons. The second-order valence-corrected chi connectivity index (χ2v) is 9.36. The molecule has 8 nitrogen and oxygen atoms in total. The van der Waals surface area contributed by atoms with Gasteiger partial charge in [-0.3, -0.25) is 14.2 Å². The van der Waals surface area contributed by atoms with Crippen LogP contribution in [0.25, 0.3) is 0 Å². The molecule has 9 heteroatoms. The second-order valence-electron chi connectivity index (χ2n) is 7.86. The molecule has 0 unspecified atom stereocenters. The van der Waals surface area contributed by atoms with E-state index in [-0.39, 0.29) is 12.2 Å². The smallest absolute Gasteiger partial charge is 0.396 e. The van der Waals surface area contributed by atoms with Gasteiger partial charge in [-0.25, -0.2) is 0 Å². The van der Waals surface area contributed by atoms with Gasteiger partial charge in [0.2, 0.25) is 0 Å². The SMILES string of the molecule is CCCCCCCCOc1ccc(Cc2cc(C(=O)P(=O)(O)O)ccc2OCC(N)=O)cc1. The Morgan fingerprint density at radius 1 is 0.939 bits per heavy atom. The molecule has 0 fully saturated rings. The van der Waals surface area contributed by atoms with Crippen LogP contribution < -0.4 is 15.2 Å². The van der Waals surface area contributed by atoms with E-state index in [1.165, 1.54) is 43.9 Å². The van der Waals surface area contributed by atoms with Crippen LogP contribution in [0, 0.1) is 0 Å². The Kier molecular flexibility index (Phi) is 10.6. The lowest BCUT2D eigenvalue weighted by atomic mass is 10.0. The summed E-state index contributed by atoms with van der Waals surface area (Å²) in [5.74, 6) is 0.394. The molecule has 1 amide bonds. The van der Waals surface area contributed by atoms with E-state index in [0.29, 0.717) is 24.3 Å². The highest BCUT2D eigenvalue weighted by Gasteiger charge is 2.28. The molecule has 0 aromatic heterocycles. The fourth-order valence-corrected chi connectivity index (χ4v) is 3.78. The first-order chi connectivity index (χ1) is 15.7. The van der Waals surface area contributed by atoms with Crippen LogP contribution in [0.1, 0.15) is 66.9 Å². The minimum atomic E-state index is -4.93. The predicted octanol–water partition coefficient (Wildman–Crippen LogP) is 4.20. The molecular weight excluding hydrogens is 445 g/mol. The first-order valence-corrected chi connectivity index (χ1v) is 12.7. The lowest BCUT2D eigenvalue weighted by Crippen LogP contribution is -2.20. The molecule has 0 spiro atoms. The Balaban J connectivity index is 2.05. The quantitative estimate of drug-likeness (QED) is 0.258. The number of rotatable bonds is 15. The molecule has 2 aromatic carbocycles. The van der Waals surface area contributed by atoms with Gasteiger partial charge in [0.1, 0.15) is 11.5 Å². The Labute approximate surface area is 194 Å². The number of benzene rings is 2. The lowest BCUT2D eigenvalue weighted by molar-refractivity contribution is -0.119. The summed E-state index contributed by atoms with van der Waals surface area (Å²) < 4.78 is 22.5. The van der Waals surface area contributed by atoms with E-state index in [4.69, 9.17) is 15.2 Å². The Morgan fingerprint density at radius 2 is 1.61 bits per heavy atom. The normalized spacial score (nSPS) is 11.2. The lowest BCUT2D eigenvalue weighted by Gasteiger charge is -2.13. The van der Waals surface area contributed by atoms with Crippen LogP contribution in [-0.2, 0) is 15.8 Å². The summed E-state index contributed by atoms with van der Waals surface area (Å²) in [6, 6.07) is 11.4. The van der Waals surface area contributed by atoms with Crippen LogP contribution in [0.4, 0.5) is 0 Å². The van der Waals surface area contributed by atoms with Crippen molar-refractivity contribution in [1.82, 2.24) is 0 Å². The number of hydrogen-bond donors (Lipinski definition) is 3. The molecule has 2 rings (SSSR count). The molecule has 0 saturated carbocycles. The van der Waals surface area contributed by atoms with Crippen molar-refractivity contribution < 1.29 is 33.4 Å². The number of ether oxygens (including phenoxy) is 2. The van der Waals surface area contributed by atoms with Crippen LogP contribution in [-0.4, -0.2) is 34.4 Å². The van der Waals surface area contributed by atoms with Crippen LogP contribution in [0.2, 0.25) is 0 Å².